The molecule has 108 valence electrons. The monoisotopic (exact) mass is 297 g/mol. The minimum absolute atomic E-state index is 0.0341. The summed E-state index contributed by atoms with van der Waals surface area (Å²) in [4.78, 5) is 4.02. The van der Waals surface area contributed by atoms with Gasteiger partial charge in [-0.15, -0.1) is 0 Å². The Balaban J connectivity index is 2.25. The molecular formula is C14H17F2N3S. The number of nitrogens with zero attached hydrogens (tertiary/aromatic N) is 2. The second-order valence-electron chi connectivity index (χ2n) is 4.68. The van der Waals surface area contributed by atoms with Crippen molar-refractivity contribution in [3.8, 4) is 0 Å². The molecule has 0 aliphatic heterocycles. The van der Waals surface area contributed by atoms with Crippen molar-refractivity contribution < 1.29 is 8.78 Å². The van der Waals surface area contributed by atoms with E-state index in [4.69, 9.17) is 5.73 Å². The highest BCUT2D eigenvalue weighted by Crippen LogP contribution is 2.31. The Morgan fingerprint density at radius 2 is 2.00 bits per heavy atom. The molecule has 0 aliphatic rings. The van der Waals surface area contributed by atoms with Gasteiger partial charge in [-0.2, -0.15) is 0 Å². The van der Waals surface area contributed by atoms with E-state index < -0.39 is 11.6 Å². The van der Waals surface area contributed by atoms with E-state index in [1.165, 1.54) is 12.1 Å². The van der Waals surface area contributed by atoms with Gasteiger partial charge in [0, 0.05) is 25.5 Å². The van der Waals surface area contributed by atoms with Crippen molar-refractivity contribution in [2.75, 3.05) is 0 Å². The van der Waals surface area contributed by atoms with Crippen molar-refractivity contribution >= 4 is 11.8 Å². The Hall–Kier alpha value is -1.40. The lowest BCUT2D eigenvalue weighted by atomic mass is 10.0. The molecule has 1 atom stereocenters. The Morgan fingerprint density at radius 1 is 1.35 bits per heavy atom. The van der Waals surface area contributed by atoms with Crippen LogP contribution in [0, 0.1) is 11.6 Å². The maximum Gasteiger partial charge on any atom is 0.172 e. The van der Waals surface area contributed by atoms with Crippen molar-refractivity contribution in [2.45, 2.75) is 35.9 Å². The summed E-state index contributed by atoms with van der Waals surface area (Å²) in [5, 5.41) is 0.542. The standard InChI is InChI=1S/C14H17F2N3S/c1-3-10(17)6-9-7-11(15)13(12(16)8-9)20-14-18-4-5-19(14)2/h4-5,7-8,10H,3,6,17H2,1-2H3. The normalized spacial score (nSPS) is 12.7. The quantitative estimate of drug-likeness (QED) is 0.922. The zero-order valence-electron chi connectivity index (χ0n) is 11.4. The number of aryl methyl sites for hydroxylation is 1. The van der Waals surface area contributed by atoms with Crippen molar-refractivity contribution in [1.29, 1.82) is 0 Å². The molecule has 1 aromatic carbocycles. The summed E-state index contributed by atoms with van der Waals surface area (Å²) in [5.41, 5.74) is 6.39. The molecule has 0 radical (unpaired) electrons. The van der Waals surface area contributed by atoms with Crippen molar-refractivity contribution in [3.63, 3.8) is 0 Å². The molecule has 0 amide bonds. The molecule has 2 aromatic rings. The zero-order chi connectivity index (χ0) is 14.7. The average molecular weight is 297 g/mol. The number of hydrogen-bond acceptors (Lipinski definition) is 3. The third-order valence-electron chi connectivity index (χ3n) is 3.05. The molecule has 1 unspecified atom stereocenters. The van der Waals surface area contributed by atoms with E-state index in [0.717, 1.165) is 18.2 Å². The topological polar surface area (TPSA) is 43.8 Å². The fourth-order valence-electron chi connectivity index (χ4n) is 1.82. The molecule has 1 heterocycles. The van der Waals surface area contributed by atoms with Crippen LogP contribution in [-0.2, 0) is 13.5 Å². The lowest BCUT2D eigenvalue weighted by Gasteiger charge is -2.11. The molecule has 1 aromatic heterocycles. The second-order valence-corrected chi connectivity index (χ2v) is 5.66. The van der Waals surface area contributed by atoms with Gasteiger partial charge in [-0.3, -0.25) is 0 Å². The maximum atomic E-state index is 14.1. The van der Waals surface area contributed by atoms with Gasteiger partial charge in [0.2, 0.25) is 0 Å². The first-order valence-corrected chi connectivity index (χ1v) is 7.21. The van der Waals surface area contributed by atoms with Crippen LogP contribution in [0.3, 0.4) is 0 Å². The number of nitrogens with two attached hydrogens (primary N) is 1. The van der Waals surface area contributed by atoms with Crippen LogP contribution in [0.25, 0.3) is 0 Å². The molecule has 0 bridgehead atoms. The van der Waals surface area contributed by atoms with Crippen molar-refractivity contribution in [3.05, 3.63) is 41.7 Å². The second kappa shape index (κ2) is 6.37. The van der Waals surface area contributed by atoms with Crippen LogP contribution in [0.4, 0.5) is 8.78 Å². The fourth-order valence-corrected chi connectivity index (χ4v) is 2.63. The van der Waals surface area contributed by atoms with Crippen LogP contribution in [0.1, 0.15) is 18.9 Å². The number of imidazole rings is 1. The SMILES string of the molecule is CCC(N)Cc1cc(F)c(Sc2nccn2C)c(F)c1. The molecule has 0 fully saturated rings. The van der Waals surface area contributed by atoms with E-state index in [9.17, 15) is 8.78 Å². The number of benzene rings is 1. The number of aromatic nitrogens is 2. The zero-order valence-corrected chi connectivity index (χ0v) is 12.3. The Labute approximate surface area is 121 Å². The Morgan fingerprint density at radius 3 is 2.50 bits per heavy atom. The van der Waals surface area contributed by atoms with E-state index in [-0.39, 0.29) is 10.9 Å². The summed E-state index contributed by atoms with van der Waals surface area (Å²) in [7, 11) is 1.78. The maximum absolute atomic E-state index is 14.1. The third-order valence-corrected chi connectivity index (χ3v) is 4.22. The number of hydrogen-bond donors (Lipinski definition) is 1. The first kappa shape index (κ1) is 15.0. The lowest BCUT2D eigenvalue weighted by Crippen LogP contribution is -2.21. The van der Waals surface area contributed by atoms with E-state index in [1.54, 1.807) is 24.0 Å². The molecule has 2 N–H and O–H groups in total. The van der Waals surface area contributed by atoms with Crippen molar-refractivity contribution in [1.82, 2.24) is 9.55 Å². The summed E-state index contributed by atoms with van der Waals surface area (Å²) in [6.45, 7) is 1.95. The summed E-state index contributed by atoms with van der Waals surface area (Å²) < 4.78 is 29.8. The number of halogens is 2. The van der Waals surface area contributed by atoms with Gasteiger partial charge in [0.25, 0.3) is 0 Å². The van der Waals surface area contributed by atoms with E-state index in [2.05, 4.69) is 4.98 Å². The summed E-state index contributed by atoms with van der Waals surface area (Å²) in [5.74, 6) is -1.15. The molecule has 0 aliphatic carbocycles. The van der Waals surface area contributed by atoms with Crippen LogP contribution in [-0.4, -0.2) is 15.6 Å². The highest BCUT2D eigenvalue weighted by atomic mass is 32.2. The Bertz CT molecular complexity index is 575. The largest absolute Gasteiger partial charge is 0.329 e. The molecule has 20 heavy (non-hydrogen) atoms. The molecule has 3 nitrogen and oxygen atoms in total. The van der Waals surface area contributed by atoms with Gasteiger partial charge in [-0.25, -0.2) is 13.8 Å². The van der Waals surface area contributed by atoms with Crippen molar-refractivity contribution in [2.24, 2.45) is 12.8 Å². The molecule has 0 saturated heterocycles. The number of rotatable bonds is 5. The minimum atomic E-state index is -0.573. The van der Waals surface area contributed by atoms with Gasteiger partial charge in [0.05, 0.1) is 4.90 Å². The van der Waals surface area contributed by atoms with Gasteiger partial charge in [-0.1, -0.05) is 6.92 Å². The first-order valence-electron chi connectivity index (χ1n) is 6.40. The third kappa shape index (κ3) is 3.37. The lowest BCUT2D eigenvalue weighted by molar-refractivity contribution is 0.533. The highest BCUT2D eigenvalue weighted by Gasteiger charge is 2.15. The molecule has 0 saturated carbocycles. The van der Waals surface area contributed by atoms with E-state index in [0.29, 0.717) is 17.1 Å². The van der Waals surface area contributed by atoms with Gasteiger partial charge >= 0.3 is 0 Å². The van der Waals surface area contributed by atoms with Crippen LogP contribution in [0.5, 0.6) is 0 Å². The van der Waals surface area contributed by atoms with Crippen LogP contribution < -0.4 is 5.73 Å². The first-order chi connectivity index (χ1) is 9.51. The fraction of sp³-hybridized carbons (Fsp3) is 0.357. The van der Waals surface area contributed by atoms with Crippen LogP contribution in [0.2, 0.25) is 0 Å². The van der Waals surface area contributed by atoms with Gasteiger partial charge in [0.1, 0.15) is 11.6 Å². The van der Waals surface area contributed by atoms with E-state index >= 15 is 0 Å². The Kier molecular flexibility index (Phi) is 4.77. The molecule has 6 heteroatoms. The summed E-state index contributed by atoms with van der Waals surface area (Å²) >= 11 is 0.978. The smallest absolute Gasteiger partial charge is 0.172 e. The predicted octanol–water partition coefficient (Wildman–Crippen LogP) is 3.13. The molecule has 2 rings (SSSR count). The summed E-state index contributed by atoms with van der Waals surface area (Å²) in [6.07, 6.45) is 4.56. The van der Waals surface area contributed by atoms with Gasteiger partial charge < -0.3 is 10.3 Å². The minimum Gasteiger partial charge on any atom is -0.329 e. The van der Waals surface area contributed by atoms with E-state index in [1.807, 2.05) is 6.92 Å². The molecule has 0 spiro atoms. The van der Waals surface area contributed by atoms with Crippen LogP contribution >= 0.6 is 11.8 Å². The predicted molar refractivity (Wildman–Crippen MR) is 75.7 cm³/mol. The van der Waals surface area contributed by atoms with Gasteiger partial charge in [0.15, 0.2) is 5.16 Å². The highest BCUT2D eigenvalue weighted by molar-refractivity contribution is 7.99. The van der Waals surface area contributed by atoms with Crippen LogP contribution in [0.15, 0.2) is 34.6 Å². The molecular weight excluding hydrogens is 280 g/mol. The average Bonchev–Trinajstić information content (AvgIpc) is 2.79. The van der Waals surface area contributed by atoms with Gasteiger partial charge in [-0.05, 0) is 42.3 Å². The summed E-state index contributed by atoms with van der Waals surface area (Å²) in [6, 6.07) is 2.62.